The Morgan fingerprint density at radius 2 is 1.86 bits per heavy atom. The number of carbonyl (C=O) groups excluding carboxylic acids is 1. The van der Waals surface area contributed by atoms with Gasteiger partial charge in [0.1, 0.15) is 0 Å². The largest absolute Gasteiger partial charge is 0.393 e. The van der Waals surface area contributed by atoms with Gasteiger partial charge in [0.15, 0.2) is 0 Å². The van der Waals surface area contributed by atoms with Crippen molar-refractivity contribution in [3.05, 3.63) is 11.6 Å². The topological polar surface area (TPSA) is 49.3 Å². The van der Waals surface area contributed by atoms with Crippen LogP contribution >= 0.6 is 0 Å². The number of aliphatic hydroxyl groups excluding tert-OH is 1. The van der Waals surface area contributed by atoms with Crippen LogP contribution in [-0.4, -0.2) is 23.2 Å². The fraction of sp³-hybridized carbons (Fsp3) is 0.727. The SMILES string of the molecule is CC(C)=CC(=O)NC1CCC(O)CC1. The highest BCUT2D eigenvalue weighted by Crippen LogP contribution is 2.18. The minimum atomic E-state index is -0.161. The highest BCUT2D eigenvalue weighted by molar-refractivity contribution is 5.88. The summed E-state index contributed by atoms with van der Waals surface area (Å²) in [5, 5.41) is 12.2. The van der Waals surface area contributed by atoms with E-state index >= 15 is 0 Å². The van der Waals surface area contributed by atoms with Crippen molar-refractivity contribution in [2.45, 2.75) is 51.7 Å². The van der Waals surface area contributed by atoms with Crippen LogP contribution < -0.4 is 5.32 Å². The van der Waals surface area contributed by atoms with Gasteiger partial charge in [-0.05, 0) is 39.5 Å². The number of amides is 1. The van der Waals surface area contributed by atoms with Gasteiger partial charge in [0, 0.05) is 12.1 Å². The van der Waals surface area contributed by atoms with Crippen LogP contribution in [0.4, 0.5) is 0 Å². The van der Waals surface area contributed by atoms with E-state index in [1.807, 2.05) is 13.8 Å². The van der Waals surface area contributed by atoms with Gasteiger partial charge in [-0.3, -0.25) is 4.79 Å². The van der Waals surface area contributed by atoms with Gasteiger partial charge in [-0.25, -0.2) is 0 Å². The zero-order valence-electron chi connectivity index (χ0n) is 8.92. The lowest BCUT2D eigenvalue weighted by atomic mass is 9.93. The van der Waals surface area contributed by atoms with Crippen molar-refractivity contribution in [2.75, 3.05) is 0 Å². The number of carbonyl (C=O) groups is 1. The van der Waals surface area contributed by atoms with Crippen LogP contribution in [0.1, 0.15) is 39.5 Å². The summed E-state index contributed by atoms with van der Waals surface area (Å²) in [7, 11) is 0. The molecule has 2 N–H and O–H groups in total. The lowest BCUT2D eigenvalue weighted by molar-refractivity contribution is -0.117. The van der Waals surface area contributed by atoms with Gasteiger partial charge < -0.3 is 10.4 Å². The van der Waals surface area contributed by atoms with Crippen LogP contribution in [-0.2, 0) is 4.79 Å². The number of rotatable bonds is 2. The molecule has 0 aromatic heterocycles. The van der Waals surface area contributed by atoms with E-state index < -0.39 is 0 Å². The first-order valence-electron chi connectivity index (χ1n) is 5.21. The standard InChI is InChI=1S/C11H19NO2/c1-8(2)7-11(14)12-9-3-5-10(13)6-4-9/h7,9-10,13H,3-6H2,1-2H3,(H,12,14). The van der Waals surface area contributed by atoms with Gasteiger partial charge in [-0.1, -0.05) is 5.57 Å². The minimum absolute atomic E-state index is 0.00797. The lowest BCUT2D eigenvalue weighted by Crippen LogP contribution is -2.37. The first-order chi connectivity index (χ1) is 6.58. The number of hydrogen-bond acceptors (Lipinski definition) is 2. The molecule has 0 aromatic carbocycles. The van der Waals surface area contributed by atoms with Crippen molar-refractivity contribution in [2.24, 2.45) is 0 Å². The molecule has 0 unspecified atom stereocenters. The Kier molecular flexibility index (Phi) is 4.14. The first kappa shape index (κ1) is 11.2. The van der Waals surface area contributed by atoms with E-state index in [0.29, 0.717) is 0 Å². The van der Waals surface area contributed by atoms with E-state index in [-0.39, 0.29) is 18.1 Å². The molecule has 1 saturated carbocycles. The van der Waals surface area contributed by atoms with Crippen molar-refractivity contribution < 1.29 is 9.90 Å². The van der Waals surface area contributed by atoms with E-state index in [1.54, 1.807) is 6.08 Å². The van der Waals surface area contributed by atoms with Gasteiger partial charge in [0.2, 0.25) is 5.91 Å². The average molecular weight is 197 g/mol. The number of aliphatic hydroxyl groups is 1. The zero-order chi connectivity index (χ0) is 10.6. The van der Waals surface area contributed by atoms with Gasteiger partial charge in [-0.15, -0.1) is 0 Å². The molecule has 80 valence electrons. The lowest BCUT2D eigenvalue weighted by Gasteiger charge is -2.25. The fourth-order valence-corrected chi connectivity index (χ4v) is 1.73. The highest BCUT2D eigenvalue weighted by atomic mass is 16.3. The fourth-order valence-electron chi connectivity index (χ4n) is 1.73. The third kappa shape index (κ3) is 3.92. The molecular formula is C11H19NO2. The molecule has 3 nitrogen and oxygen atoms in total. The molecule has 1 rings (SSSR count). The third-order valence-corrected chi connectivity index (χ3v) is 2.46. The molecule has 1 aliphatic carbocycles. The van der Waals surface area contributed by atoms with Crippen LogP contribution in [0, 0.1) is 0 Å². The molecule has 1 amide bonds. The maximum atomic E-state index is 11.4. The molecule has 1 aliphatic rings. The molecule has 1 fully saturated rings. The van der Waals surface area contributed by atoms with Crippen molar-refractivity contribution in [3.8, 4) is 0 Å². The Morgan fingerprint density at radius 1 is 1.29 bits per heavy atom. The molecular weight excluding hydrogens is 178 g/mol. The number of hydrogen-bond donors (Lipinski definition) is 2. The average Bonchev–Trinajstić information content (AvgIpc) is 2.07. The second-order valence-electron chi connectivity index (χ2n) is 4.24. The van der Waals surface area contributed by atoms with E-state index in [1.165, 1.54) is 0 Å². The predicted octanol–water partition coefficient (Wildman–Crippen LogP) is 1.37. The van der Waals surface area contributed by atoms with Crippen LogP contribution in [0.15, 0.2) is 11.6 Å². The summed E-state index contributed by atoms with van der Waals surface area (Å²) in [5.74, 6) is -0.00797. The molecule has 14 heavy (non-hydrogen) atoms. The second-order valence-corrected chi connectivity index (χ2v) is 4.24. The Hall–Kier alpha value is -0.830. The molecule has 0 heterocycles. The summed E-state index contributed by atoms with van der Waals surface area (Å²) >= 11 is 0. The first-order valence-corrected chi connectivity index (χ1v) is 5.21. The van der Waals surface area contributed by atoms with Crippen molar-refractivity contribution in [1.29, 1.82) is 0 Å². The Balaban J connectivity index is 2.31. The van der Waals surface area contributed by atoms with Crippen molar-refractivity contribution in [3.63, 3.8) is 0 Å². The molecule has 0 saturated heterocycles. The summed E-state index contributed by atoms with van der Waals surface area (Å²) in [6, 6.07) is 0.251. The molecule has 0 aliphatic heterocycles. The van der Waals surface area contributed by atoms with E-state index in [4.69, 9.17) is 0 Å². The van der Waals surface area contributed by atoms with Crippen LogP contribution in [0.2, 0.25) is 0 Å². The van der Waals surface area contributed by atoms with Crippen LogP contribution in [0.5, 0.6) is 0 Å². The Labute approximate surface area is 85.2 Å². The molecule has 3 heteroatoms. The van der Waals surface area contributed by atoms with Gasteiger partial charge in [0.25, 0.3) is 0 Å². The summed E-state index contributed by atoms with van der Waals surface area (Å²) in [6.07, 6.45) is 4.85. The maximum absolute atomic E-state index is 11.4. The minimum Gasteiger partial charge on any atom is -0.393 e. The maximum Gasteiger partial charge on any atom is 0.244 e. The van der Waals surface area contributed by atoms with E-state index in [9.17, 15) is 9.90 Å². The molecule has 0 radical (unpaired) electrons. The van der Waals surface area contributed by atoms with Crippen LogP contribution in [0.3, 0.4) is 0 Å². The van der Waals surface area contributed by atoms with Gasteiger partial charge in [-0.2, -0.15) is 0 Å². The number of allylic oxidation sites excluding steroid dienone is 1. The summed E-state index contributed by atoms with van der Waals surface area (Å²) in [5.41, 5.74) is 1.01. The van der Waals surface area contributed by atoms with Crippen LogP contribution in [0.25, 0.3) is 0 Å². The molecule has 0 atom stereocenters. The Morgan fingerprint density at radius 3 is 2.36 bits per heavy atom. The van der Waals surface area contributed by atoms with Gasteiger partial charge in [0.05, 0.1) is 6.10 Å². The van der Waals surface area contributed by atoms with Crippen molar-refractivity contribution in [1.82, 2.24) is 5.32 Å². The summed E-state index contributed by atoms with van der Waals surface area (Å²) in [4.78, 5) is 11.4. The summed E-state index contributed by atoms with van der Waals surface area (Å²) in [6.45, 7) is 3.81. The second kappa shape index (κ2) is 5.15. The summed E-state index contributed by atoms with van der Waals surface area (Å²) < 4.78 is 0. The molecule has 0 bridgehead atoms. The monoisotopic (exact) mass is 197 g/mol. The van der Waals surface area contributed by atoms with Crippen molar-refractivity contribution >= 4 is 5.91 Å². The number of nitrogens with one attached hydrogen (secondary N) is 1. The van der Waals surface area contributed by atoms with E-state index in [2.05, 4.69) is 5.32 Å². The van der Waals surface area contributed by atoms with E-state index in [0.717, 1.165) is 31.3 Å². The predicted molar refractivity (Wildman–Crippen MR) is 55.8 cm³/mol. The quantitative estimate of drug-likeness (QED) is 0.657. The highest BCUT2D eigenvalue weighted by Gasteiger charge is 2.19. The normalized spacial score (nSPS) is 26.8. The zero-order valence-corrected chi connectivity index (χ0v) is 8.92. The van der Waals surface area contributed by atoms with Gasteiger partial charge >= 0.3 is 0 Å². The Bertz CT molecular complexity index is 223. The third-order valence-electron chi connectivity index (χ3n) is 2.46. The molecule has 0 aromatic rings. The molecule has 0 spiro atoms. The smallest absolute Gasteiger partial charge is 0.244 e.